The molecule has 0 aliphatic carbocycles. The molecular formula is C18H13ClN4O2S. The number of phenols is 1. The Morgan fingerprint density at radius 2 is 2.12 bits per heavy atom. The summed E-state index contributed by atoms with van der Waals surface area (Å²) in [6, 6.07) is 12.3. The van der Waals surface area contributed by atoms with Crippen LogP contribution in [0.1, 0.15) is 5.82 Å². The highest BCUT2D eigenvalue weighted by molar-refractivity contribution is 8.18. The van der Waals surface area contributed by atoms with Crippen LogP contribution in [0.5, 0.6) is 5.75 Å². The van der Waals surface area contributed by atoms with Crippen LogP contribution in [0.3, 0.4) is 0 Å². The van der Waals surface area contributed by atoms with Gasteiger partial charge in [0, 0.05) is 18.1 Å². The number of aryl methyl sites for hydroxylation is 1. The summed E-state index contributed by atoms with van der Waals surface area (Å²) in [6.45, 7) is 0. The molecule has 0 bridgehead atoms. The van der Waals surface area contributed by atoms with Crippen LogP contribution in [0, 0.1) is 0 Å². The zero-order valence-electron chi connectivity index (χ0n) is 13.6. The van der Waals surface area contributed by atoms with Gasteiger partial charge in [0.2, 0.25) is 0 Å². The van der Waals surface area contributed by atoms with E-state index in [1.54, 1.807) is 12.1 Å². The number of imidazole rings is 1. The van der Waals surface area contributed by atoms with E-state index in [1.165, 1.54) is 23.9 Å². The number of hydrogen-bond donors (Lipinski definition) is 2. The van der Waals surface area contributed by atoms with E-state index in [0.717, 1.165) is 11.0 Å². The number of amidine groups is 1. The Morgan fingerprint density at radius 1 is 1.31 bits per heavy atom. The van der Waals surface area contributed by atoms with Crippen molar-refractivity contribution in [2.24, 2.45) is 12.0 Å². The van der Waals surface area contributed by atoms with Gasteiger partial charge in [0.1, 0.15) is 17.3 Å². The summed E-state index contributed by atoms with van der Waals surface area (Å²) in [5.74, 6) is 0.405. The Balaban J connectivity index is 1.67. The molecule has 26 heavy (non-hydrogen) atoms. The average Bonchev–Trinajstić information content (AvgIpc) is 3.12. The molecule has 8 heteroatoms. The van der Waals surface area contributed by atoms with Crippen molar-refractivity contribution in [1.29, 1.82) is 0 Å². The summed E-state index contributed by atoms with van der Waals surface area (Å²) in [7, 11) is 1.90. The molecule has 0 atom stereocenters. The minimum atomic E-state index is -0.262. The first-order valence-corrected chi connectivity index (χ1v) is 8.90. The molecular weight excluding hydrogens is 372 g/mol. The molecule has 130 valence electrons. The molecule has 1 saturated heterocycles. The van der Waals surface area contributed by atoms with Crippen molar-refractivity contribution < 1.29 is 9.90 Å². The normalized spacial score (nSPS) is 17.4. The number of carbonyl (C=O) groups excluding carboxylic acids is 1. The second-order valence-electron chi connectivity index (χ2n) is 5.63. The maximum atomic E-state index is 12.3. The van der Waals surface area contributed by atoms with Crippen LogP contribution < -0.4 is 5.32 Å². The Hall–Kier alpha value is -2.77. The van der Waals surface area contributed by atoms with Gasteiger partial charge in [-0.3, -0.25) is 4.79 Å². The predicted molar refractivity (Wildman–Crippen MR) is 105 cm³/mol. The fourth-order valence-corrected chi connectivity index (χ4v) is 3.56. The number of fused-ring (bicyclic) bond motifs is 1. The van der Waals surface area contributed by atoms with E-state index < -0.39 is 0 Å². The first-order valence-electron chi connectivity index (χ1n) is 7.71. The van der Waals surface area contributed by atoms with Crippen LogP contribution in [-0.4, -0.2) is 25.7 Å². The molecule has 1 aliphatic heterocycles. The topological polar surface area (TPSA) is 79.5 Å². The first kappa shape index (κ1) is 16.7. The number of nitrogens with zero attached hydrogens (tertiary/aromatic N) is 3. The van der Waals surface area contributed by atoms with E-state index in [9.17, 15) is 9.90 Å². The number of aliphatic imine (C=N–C) groups is 1. The minimum absolute atomic E-state index is 0.00969. The van der Waals surface area contributed by atoms with E-state index >= 15 is 0 Å². The summed E-state index contributed by atoms with van der Waals surface area (Å²) in [6.07, 6.45) is 1.72. The summed E-state index contributed by atoms with van der Waals surface area (Å²) in [5, 5.41) is 13.4. The predicted octanol–water partition coefficient (Wildman–Crippen LogP) is 3.82. The van der Waals surface area contributed by atoms with E-state index in [0.29, 0.717) is 26.6 Å². The lowest BCUT2D eigenvalue weighted by molar-refractivity contribution is -0.115. The van der Waals surface area contributed by atoms with E-state index in [1.807, 2.05) is 35.9 Å². The second-order valence-corrected chi connectivity index (χ2v) is 7.10. The monoisotopic (exact) mass is 384 g/mol. The van der Waals surface area contributed by atoms with Gasteiger partial charge in [0.15, 0.2) is 5.17 Å². The Bertz CT molecular complexity index is 1100. The van der Waals surface area contributed by atoms with Crippen molar-refractivity contribution >= 4 is 57.2 Å². The van der Waals surface area contributed by atoms with Gasteiger partial charge in [-0.05, 0) is 42.1 Å². The molecule has 1 amide bonds. The van der Waals surface area contributed by atoms with Gasteiger partial charge < -0.3 is 15.0 Å². The summed E-state index contributed by atoms with van der Waals surface area (Å²) >= 11 is 7.11. The number of phenolic OH excluding ortho intramolecular Hbond substituents is 1. The highest BCUT2D eigenvalue weighted by atomic mass is 35.5. The number of benzene rings is 2. The molecule has 3 aromatic rings. The van der Waals surface area contributed by atoms with Gasteiger partial charge >= 0.3 is 0 Å². The van der Waals surface area contributed by atoms with Gasteiger partial charge in [-0.1, -0.05) is 23.7 Å². The summed E-state index contributed by atoms with van der Waals surface area (Å²) in [5.41, 5.74) is 2.15. The van der Waals surface area contributed by atoms with E-state index in [-0.39, 0.29) is 11.7 Å². The Labute approximate surface area is 158 Å². The number of aromatic hydroxyl groups is 1. The number of para-hydroxylation sites is 2. The number of aromatic nitrogens is 2. The van der Waals surface area contributed by atoms with Crippen molar-refractivity contribution in [3.8, 4) is 5.75 Å². The number of carbonyl (C=O) groups is 1. The van der Waals surface area contributed by atoms with Gasteiger partial charge in [-0.25, -0.2) is 9.98 Å². The van der Waals surface area contributed by atoms with Crippen molar-refractivity contribution in [3.05, 3.63) is 58.2 Å². The SMILES string of the molecule is Cn1c(/C=C2/SC(=Nc3cc(Cl)ccc3O)NC2=O)nc2ccccc21. The third kappa shape index (κ3) is 3.07. The fourth-order valence-electron chi connectivity index (χ4n) is 2.59. The van der Waals surface area contributed by atoms with E-state index in [4.69, 9.17) is 11.6 Å². The molecule has 2 heterocycles. The van der Waals surface area contributed by atoms with Gasteiger partial charge in [-0.2, -0.15) is 0 Å². The summed E-state index contributed by atoms with van der Waals surface area (Å²) < 4.78 is 1.92. The molecule has 0 saturated carbocycles. The van der Waals surface area contributed by atoms with E-state index in [2.05, 4.69) is 15.3 Å². The minimum Gasteiger partial charge on any atom is -0.506 e. The lowest BCUT2D eigenvalue weighted by Gasteiger charge is -2.00. The first-order chi connectivity index (χ1) is 12.5. The molecule has 4 rings (SSSR count). The molecule has 0 radical (unpaired) electrons. The lowest BCUT2D eigenvalue weighted by atomic mass is 10.3. The lowest BCUT2D eigenvalue weighted by Crippen LogP contribution is -2.19. The van der Waals surface area contributed by atoms with Crippen LogP contribution in [0.4, 0.5) is 5.69 Å². The summed E-state index contributed by atoms with van der Waals surface area (Å²) in [4.78, 5) is 21.5. The molecule has 0 unspecified atom stereocenters. The highest BCUT2D eigenvalue weighted by Crippen LogP contribution is 2.33. The quantitative estimate of drug-likeness (QED) is 0.658. The largest absolute Gasteiger partial charge is 0.506 e. The number of thioether (sulfide) groups is 1. The maximum absolute atomic E-state index is 12.3. The molecule has 1 aliphatic rings. The van der Waals surface area contributed by atoms with Crippen molar-refractivity contribution in [2.75, 3.05) is 0 Å². The van der Waals surface area contributed by atoms with Crippen molar-refractivity contribution in [1.82, 2.24) is 14.9 Å². The van der Waals surface area contributed by atoms with Crippen molar-refractivity contribution in [3.63, 3.8) is 0 Å². The number of rotatable bonds is 2. The van der Waals surface area contributed by atoms with Crippen molar-refractivity contribution in [2.45, 2.75) is 0 Å². The Morgan fingerprint density at radius 3 is 2.92 bits per heavy atom. The molecule has 0 spiro atoms. The van der Waals surface area contributed by atoms with Crippen LogP contribution in [0.15, 0.2) is 52.4 Å². The molecule has 1 fully saturated rings. The van der Waals surface area contributed by atoms with Gasteiger partial charge in [-0.15, -0.1) is 0 Å². The molecule has 2 N–H and O–H groups in total. The van der Waals surface area contributed by atoms with Gasteiger partial charge in [0.25, 0.3) is 5.91 Å². The fraction of sp³-hybridized carbons (Fsp3) is 0.0556. The molecule has 6 nitrogen and oxygen atoms in total. The zero-order valence-corrected chi connectivity index (χ0v) is 15.2. The second kappa shape index (κ2) is 6.51. The highest BCUT2D eigenvalue weighted by Gasteiger charge is 2.25. The smallest absolute Gasteiger partial charge is 0.264 e. The van der Waals surface area contributed by atoms with Crippen LogP contribution in [0.25, 0.3) is 17.1 Å². The number of hydrogen-bond acceptors (Lipinski definition) is 5. The standard InChI is InChI=1S/C18H13ClN4O2S/c1-23-13-5-3-2-4-11(13)20-16(23)9-15-17(25)22-18(26-15)21-12-8-10(19)6-7-14(12)24/h2-9,24H,1H3,(H,21,22,25)/b15-9+. The third-order valence-electron chi connectivity index (χ3n) is 3.89. The average molecular weight is 385 g/mol. The Kier molecular flexibility index (Phi) is 4.18. The molecule has 1 aromatic heterocycles. The van der Waals surface area contributed by atoms with Gasteiger partial charge in [0.05, 0.1) is 15.9 Å². The number of amides is 1. The number of halogens is 1. The van der Waals surface area contributed by atoms with Crippen LogP contribution >= 0.6 is 23.4 Å². The van der Waals surface area contributed by atoms with Crippen LogP contribution in [-0.2, 0) is 11.8 Å². The molecule has 2 aromatic carbocycles. The van der Waals surface area contributed by atoms with Crippen LogP contribution in [0.2, 0.25) is 5.02 Å². The maximum Gasteiger partial charge on any atom is 0.264 e. The third-order valence-corrected chi connectivity index (χ3v) is 5.04. The number of nitrogens with one attached hydrogen (secondary N) is 1. The zero-order chi connectivity index (χ0) is 18.3.